The molecule has 0 atom stereocenters. The van der Waals surface area contributed by atoms with E-state index in [1.165, 1.54) is 18.1 Å². The van der Waals surface area contributed by atoms with E-state index < -0.39 is 0 Å². The summed E-state index contributed by atoms with van der Waals surface area (Å²) in [5, 5.41) is 1.23. The van der Waals surface area contributed by atoms with Gasteiger partial charge >= 0.3 is 5.97 Å². The number of carbonyl (C=O) groups excluding carboxylic acids is 2. The number of hydrogen-bond donors (Lipinski definition) is 0. The highest BCUT2D eigenvalue weighted by Gasteiger charge is 2.14. The van der Waals surface area contributed by atoms with Gasteiger partial charge in [-0.25, -0.2) is 4.79 Å². The zero-order valence-electron chi connectivity index (χ0n) is 20.1. The molecule has 0 aliphatic heterocycles. The predicted octanol–water partition coefficient (Wildman–Crippen LogP) is 4.93. The SMILES string of the molecule is CCCc1cn(Cc2ccc(C(=O)OC)cc2OC)c2cc(C=CCC(=O)N(C)C)ccc12. The van der Waals surface area contributed by atoms with E-state index >= 15 is 0 Å². The summed E-state index contributed by atoms with van der Waals surface area (Å²) in [7, 11) is 6.49. The van der Waals surface area contributed by atoms with Gasteiger partial charge < -0.3 is 18.9 Å². The molecule has 1 amide bonds. The van der Waals surface area contributed by atoms with Crippen LogP contribution in [0.2, 0.25) is 0 Å². The van der Waals surface area contributed by atoms with Crippen LogP contribution in [0.4, 0.5) is 0 Å². The minimum Gasteiger partial charge on any atom is -0.496 e. The van der Waals surface area contributed by atoms with Crippen molar-refractivity contribution in [2.75, 3.05) is 28.3 Å². The normalized spacial score (nSPS) is 11.2. The number of aromatic nitrogens is 1. The monoisotopic (exact) mass is 448 g/mol. The van der Waals surface area contributed by atoms with Gasteiger partial charge in [-0.15, -0.1) is 0 Å². The van der Waals surface area contributed by atoms with Gasteiger partial charge in [0, 0.05) is 43.2 Å². The van der Waals surface area contributed by atoms with Crippen LogP contribution in [-0.2, 0) is 22.5 Å². The fourth-order valence-electron chi connectivity index (χ4n) is 3.87. The third-order valence-electron chi connectivity index (χ3n) is 5.66. The molecule has 174 valence electrons. The zero-order chi connectivity index (χ0) is 24.0. The lowest BCUT2D eigenvalue weighted by Crippen LogP contribution is -2.20. The quantitative estimate of drug-likeness (QED) is 0.436. The van der Waals surface area contributed by atoms with E-state index in [4.69, 9.17) is 9.47 Å². The summed E-state index contributed by atoms with van der Waals surface area (Å²) in [6, 6.07) is 11.8. The molecule has 0 radical (unpaired) electrons. The average Bonchev–Trinajstić information content (AvgIpc) is 3.15. The lowest BCUT2D eigenvalue weighted by atomic mass is 10.1. The molecule has 0 saturated carbocycles. The topological polar surface area (TPSA) is 60.8 Å². The van der Waals surface area contributed by atoms with Crippen LogP contribution >= 0.6 is 0 Å². The molecule has 1 aromatic heterocycles. The van der Waals surface area contributed by atoms with Crippen LogP contribution in [0.25, 0.3) is 17.0 Å². The Kier molecular flexibility index (Phi) is 7.93. The number of esters is 1. The Hall–Kier alpha value is -3.54. The number of rotatable bonds is 9. The van der Waals surface area contributed by atoms with E-state index in [1.54, 1.807) is 38.2 Å². The van der Waals surface area contributed by atoms with Crippen LogP contribution in [0, 0.1) is 0 Å². The summed E-state index contributed by atoms with van der Waals surface area (Å²) in [6.45, 7) is 2.79. The first-order valence-corrected chi connectivity index (χ1v) is 11.1. The first-order valence-electron chi connectivity index (χ1n) is 11.1. The Bertz CT molecular complexity index is 1170. The Labute approximate surface area is 195 Å². The van der Waals surface area contributed by atoms with Gasteiger partial charge in [0.1, 0.15) is 5.75 Å². The molecule has 6 nitrogen and oxygen atoms in total. The number of carbonyl (C=O) groups is 2. The molecule has 0 unspecified atom stereocenters. The highest BCUT2D eigenvalue weighted by Crippen LogP contribution is 2.28. The van der Waals surface area contributed by atoms with Gasteiger partial charge in [0.05, 0.1) is 26.3 Å². The van der Waals surface area contributed by atoms with Crippen molar-refractivity contribution in [3.8, 4) is 5.75 Å². The molecular formula is C27H32N2O4. The second-order valence-corrected chi connectivity index (χ2v) is 8.22. The molecule has 6 heteroatoms. The lowest BCUT2D eigenvalue weighted by molar-refractivity contribution is -0.127. The number of aryl methyl sites for hydroxylation is 1. The Morgan fingerprint density at radius 1 is 1.06 bits per heavy atom. The van der Waals surface area contributed by atoms with Gasteiger partial charge in [-0.3, -0.25) is 4.79 Å². The van der Waals surface area contributed by atoms with Crippen LogP contribution in [-0.4, -0.2) is 49.7 Å². The molecule has 0 aliphatic rings. The molecule has 1 heterocycles. The molecule has 33 heavy (non-hydrogen) atoms. The second kappa shape index (κ2) is 10.9. The first kappa shape index (κ1) is 24.1. The summed E-state index contributed by atoms with van der Waals surface area (Å²) in [5.74, 6) is 0.333. The number of benzene rings is 2. The van der Waals surface area contributed by atoms with Crippen LogP contribution < -0.4 is 4.74 Å². The summed E-state index contributed by atoms with van der Waals surface area (Å²) < 4.78 is 12.6. The smallest absolute Gasteiger partial charge is 0.337 e. The summed E-state index contributed by atoms with van der Waals surface area (Å²) >= 11 is 0. The van der Waals surface area contributed by atoms with E-state index in [0.717, 1.165) is 29.5 Å². The van der Waals surface area contributed by atoms with Crippen molar-refractivity contribution in [1.29, 1.82) is 0 Å². The predicted molar refractivity (Wildman–Crippen MR) is 132 cm³/mol. The Morgan fingerprint density at radius 2 is 1.85 bits per heavy atom. The summed E-state index contributed by atoms with van der Waals surface area (Å²) in [5.41, 5.74) is 4.91. The van der Waals surface area contributed by atoms with Crippen molar-refractivity contribution < 1.29 is 19.1 Å². The van der Waals surface area contributed by atoms with E-state index in [1.807, 2.05) is 18.2 Å². The van der Waals surface area contributed by atoms with E-state index in [-0.39, 0.29) is 11.9 Å². The van der Waals surface area contributed by atoms with Crippen molar-refractivity contribution in [2.45, 2.75) is 32.7 Å². The van der Waals surface area contributed by atoms with Crippen molar-refractivity contribution >= 4 is 28.9 Å². The van der Waals surface area contributed by atoms with Gasteiger partial charge in [-0.05, 0) is 35.7 Å². The molecule has 3 aromatic rings. The van der Waals surface area contributed by atoms with Gasteiger partial charge in [0.2, 0.25) is 5.91 Å². The van der Waals surface area contributed by atoms with Gasteiger partial charge in [-0.2, -0.15) is 0 Å². The molecular weight excluding hydrogens is 416 g/mol. The molecule has 0 saturated heterocycles. The van der Waals surface area contributed by atoms with E-state index in [2.05, 4.69) is 35.9 Å². The van der Waals surface area contributed by atoms with Crippen LogP contribution in [0.5, 0.6) is 5.75 Å². The molecule has 3 rings (SSSR count). The lowest BCUT2D eigenvalue weighted by Gasteiger charge is -2.12. The van der Waals surface area contributed by atoms with E-state index in [0.29, 0.717) is 24.3 Å². The van der Waals surface area contributed by atoms with Crippen LogP contribution in [0.1, 0.15) is 46.8 Å². The highest BCUT2D eigenvalue weighted by atomic mass is 16.5. The number of ether oxygens (including phenoxy) is 2. The van der Waals surface area contributed by atoms with Crippen molar-refractivity contribution in [3.05, 3.63) is 70.9 Å². The van der Waals surface area contributed by atoms with Crippen LogP contribution in [0.15, 0.2) is 48.7 Å². The first-order chi connectivity index (χ1) is 15.9. The summed E-state index contributed by atoms with van der Waals surface area (Å²) in [4.78, 5) is 25.3. The third kappa shape index (κ3) is 5.64. The molecule has 0 aliphatic carbocycles. The molecule has 2 aromatic carbocycles. The maximum absolute atomic E-state index is 11.9. The number of fused-ring (bicyclic) bond motifs is 1. The van der Waals surface area contributed by atoms with Crippen molar-refractivity contribution in [2.24, 2.45) is 0 Å². The highest BCUT2D eigenvalue weighted by molar-refractivity contribution is 5.90. The zero-order valence-corrected chi connectivity index (χ0v) is 20.1. The maximum Gasteiger partial charge on any atom is 0.337 e. The average molecular weight is 449 g/mol. The van der Waals surface area contributed by atoms with E-state index in [9.17, 15) is 9.59 Å². The molecule has 0 fully saturated rings. The molecule has 0 bridgehead atoms. The summed E-state index contributed by atoms with van der Waals surface area (Å²) in [6.07, 6.45) is 8.52. The minimum atomic E-state index is -0.388. The van der Waals surface area contributed by atoms with Crippen molar-refractivity contribution in [3.63, 3.8) is 0 Å². The second-order valence-electron chi connectivity index (χ2n) is 8.22. The Morgan fingerprint density at radius 3 is 2.52 bits per heavy atom. The molecule has 0 N–H and O–H groups in total. The van der Waals surface area contributed by atoms with Gasteiger partial charge in [-0.1, -0.05) is 43.7 Å². The maximum atomic E-state index is 11.9. The van der Waals surface area contributed by atoms with Gasteiger partial charge in [0.25, 0.3) is 0 Å². The third-order valence-corrected chi connectivity index (χ3v) is 5.66. The van der Waals surface area contributed by atoms with Crippen molar-refractivity contribution in [1.82, 2.24) is 9.47 Å². The number of nitrogens with zero attached hydrogens (tertiary/aromatic N) is 2. The number of methoxy groups -OCH3 is 2. The fraction of sp³-hybridized carbons (Fsp3) is 0.333. The van der Waals surface area contributed by atoms with Gasteiger partial charge in [0.15, 0.2) is 0 Å². The fourth-order valence-corrected chi connectivity index (χ4v) is 3.87. The Balaban J connectivity index is 1.97. The largest absolute Gasteiger partial charge is 0.496 e. The number of hydrogen-bond acceptors (Lipinski definition) is 4. The molecule has 0 spiro atoms. The minimum absolute atomic E-state index is 0.0726. The number of amides is 1. The van der Waals surface area contributed by atoms with Crippen LogP contribution in [0.3, 0.4) is 0 Å². The standard InChI is InChI=1S/C27H32N2O4/c1-6-8-21-17-29(18-22-13-12-20(27(31)33-5)16-25(22)32-4)24-15-19(11-14-23(21)24)9-7-10-26(30)28(2)3/h7,9,11-17H,6,8,10,18H2,1-5H3.